The minimum absolute atomic E-state index is 0.104. The molecule has 1 N–H and O–H groups in total. The molecule has 0 bridgehead atoms. The van der Waals surface area contributed by atoms with Gasteiger partial charge in [-0.25, -0.2) is 4.39 Å². The fourth-order valence-electron chi connectivity index (χ4n) is 3.61. The number of amides is 1. The molecule has 25 heavy (non-hydrogen) atoms. The van der Waals surface area contributed by atoms with Crippen molar-refractivity contribution in [2.24, 2.45) is 0 Å². The van der Waals surface area contributed by atoms with Gasteiger partial charge in [0.25, 0.3) is 0 Å². The highest BCUT2D eigenvalue weighted by atomic mass is 19.1. The summed E-state index contributed by atoms with van der Waals surface area (Å²) in [6.07, 6.45) is 4.31. The van der Waals surface area contributed by atoms with Crippen LogP contribution < -0.4 is 4.74 Å². The zero-order chi connectivity index (χ0) is 17.7. The van der Waals surface area contributed by atoms with Crippen LogP contribution in [-0.4, -0.2) is 65.7 Å². The lowest BCUT2D eigenvalue weighted by molar-refractivity contribution is -0.140. The Morgan fingerprint density at radius 3 is 2.60 bits per heavy atom. The molecule has 5 nitrogen and oxygen atoms in total. The minimum atomic E-state index is -1.05. The number of hydrogen-bond acceptors (Lipinski definition) is 4. The van der Waals surface area contributed by atoms with Gasteiger partial charge in [0.1, 0.15) is 23.8 Å². The number of likely N-dealkylation sites (tertiary alicyclic amines) is 2. The molecule has 0 aromatic heterocycles. The van der Waals surface area contributed by atoms with E-state index in [1.54, 1.807) is 17.0 Å². The van der Waals surface area contributed by atoms with Crippen LogP contribution in [0.3, 0.4) is 0 Å². The number of carbonyl (C=O) groups excluding carboxylic acids is 1. The van der Waals surface area contributed by atoms with Crippen LogP contribution in [0.5, 0.6) is 5.75 Å². The smallest absolute Gasteiger partial charge is 0.223 e. The third kappa shape index (κ3) is 5.16. The number of piperidine rings is 1. The molecular formula is C19H27FN2O3. The maximum Gasteiger partial charge on any atom is 0.223 e. The topological polar surface area (TPSA) is 53.0 Å². The maximum absolute atomic E-state index is 12.9. The van der Waals surface area contributed by atoms with E-state index in [-0.39, 0.29) is 18.3 Å². The average molecular weight is 350 g/mol. The summed E-state index contributed by atoms with van der Waals surface area (Å²) in [6, 6.07) is 5.74. The van der Waals surface area contributed by atoms with Gasteiger partial charge in [0, 0.05) is 19.5 Å². The summed E-state index contributed by atoms with van der Waals surface area (Å²) in [6.45, 7) is 4.07. The number of β-amino-alcohol motifs (C(OH)–C–C–N with tert-alkyl or cyclic N) is 1. The Bertz CT molecular complexity index is 575. The van der Waals surface area contributed by atoms with Crippen molar-refractivity contribution in [1.82, 2.24) is 9.80 Å². The summed E-state index contributed by atoms with van der Waals surface area (Å²) in [7, 11) is 0. The van der Waals surface area contributed by atoms with Crippen LogP contribution in [0, 0.1) is 5.82 Å². The third-order valence-electron chi connectivity index (χ3n) is 5.07. The summed E-state index contributed by atoms with van der Waals surface area (Å²) in [4.78, 5) is 16.5. The molecule has 3 rings (SSSR count). The van der Waals surface area contributed by atoms with E-state index in [1.165, 1.54) is 25.0 Å². The van der Waals surface area contributed by atoms with Crippen molar-refractivity contribution in [2.45, 2.75) is 37.7 Å². The van der Waals surface area contributed by atoms with Crippen molar-refractivity contribution in [2.75, 3.05) is 39.3 Å². The highest BCUT2D eigenvalue weighted by Gasteiger charge is 2.36. The van der Waals surface area contributed by atoms with Crippen LogP contribution in [0.25, 0.3) is 0 Å². The molecule has 1 aromatic carbocycles. The second-order valence-electron chi connectivity index (χ2n) is 7.18. The van der Waals surface area contributed by atoms with Crippen molar-refractivity contribution in [3.63, 3.8) is 0 Å². The van der Waals surface area contributed by atoms with Crippen molar-refractivity contribution < 1.29 is 19.0 Å². The van der Waals surface area contributed by atoms with E-state index < -0.39 is 5.60 Å². The standard InChI is InChI=1S/C19H27FN2O3/c20-16-4-6-17(7-5-16)25-15-19(24)9-3-12-22(14-19)18(23)8-13-21-10-1-2-11-21/h4-7,24H,1-3,8-15H2/t19-/m1/s1. The van der Waals surface area contributed by atoms with E-state index in [0.29, 0.717) is 31.7 Å². The number of hydrogen-bond donors (Lipinski definition) is 1. The van der Waals surface area contributed by atoms with Gasteiger partial charge in [-0.05, 0) is 63.0 Å². The van der Waals surface area contributed by atoms with E-state index in [9.17, 15) is 14.3 Å². The second-order valence-corrected chi connectivity index (χ2v) is 7.18. The Labute approximate surface area is 148 Å². The Balaban J connectivity index is 1.48. The minimum Gasteiger partial charge on any atom is -0.491 e. The van der Waals surface area contributed by atoms with Gasteiger partial charge in [-0.3, -0.25) is 4.79 Å². The first-order valence-electron chi connectivity index (χ1n) is 9.15. The molecule has 2 fully saturated rings. The van der Waals surface area contributed by atoms with Crippen molar-refractivity contribution in [3.05, 3.63) is 30.1 Å². The number of carbonyl (C=O) groups is 1. The lowest BCUT2D eigenvalue weighted by Crippen LogP contribution is -2.53. The Hall–Kier alpha value is -1.66. The molecule has 138 valence electrons. The maximum atomic E-state index is 12.9. The highest BCUT2D eigenvalue weighted by molar-refractivity contribution is 5.76. The van der Waals surface area contributed by atoms with E-state index in [0.717, 1.165) is 26.1 Å². The average Bonchev–Trinajstić information content (AvgIpc) is 3.13. The molecule has 2 aliphatic heterocycles. The number of halogens is 1. The number of benzene rings is 1. The van der Waals surface area contributed by atoms with Gasteiger partial charge in [0.05, 0.1) is 6.54 Å². The molecule has 1 aromatic rings. The molecule has 0 radical (unpaired) electrons. The van der Waals surface area contributed by atoms with Gasteiger partial charge in [-0.15, -0.1) is 0 Å². The fraction of sp³-hybridized carbons (Fsp3) is 0.632. The van der Waals surface area contributed by atoms with Crippen LogP contribution in [0.4, 0.5) is 4.39 Å². The molecule has 1 amide bonds. The van der Waals surface area contributed by atoms with Gasteiger partial charge >= 0.3 is 0 Å². The van der Waals surface area contributed by atoms with Crippen LogP contribution in [-0.2, 0) is 4.79 Å². The second kappa shape index (κ2) is 8.15. The normalized spacial score (nSPS) is 24.5. The fourth-order valence-corrected chi connectivity index (χ4v) is 3.61. The molecule has 0 saturated carbocycles. The third-order valence-corrected chi connectivity index (χ3v) is 5.07. The zero-order valence-corrected chi connectivity index (χ0v) is 14.6. The highest BCUT2D eigenvalue weighted by Crippen LogP contribution is 2.24. The van der Waals surface area contributed by atoms with E-state index >= 15 is 0 Å². The van der Waals surface area contributed by atoms with E-state index in [1.807, 2.05) is 0 Å². The Kier molecular flexibility index (Phi) is 5.91. The Morgan fingerprint density at radius 2 is 1.88 bits per heavy atom. The zero-order valence-electron chi connectivity index (χ0n) is 14.6. The SMILES string of the molecule is O=C(CCN1CCCC1)N1CCC[C@](O)(COc2ccc(F)cc2)C1. The largest absolute Gasteiger partial charge is 0.491 e. The van der Waals surface area contributed by atoms with Crippen molar-refractivity contribution >= 4 is 5.91 Å². The van der Waals surface area contributed by atoms with Crippen LogP contribution in [0.15, 0.2) is 24.3 Å². The molecule has 6 heteroatoms. The Morgan fingerprint density at radius 1 is 1.16 bits per heavy atom. The quantitative estimate of drug-likeness (QED) is 0.853. The molecule has 2 heterocycles. The summed E-state index contributed by atoms with van der Waals surface area (Å²) in [5, 5.41) is 10.8. The van der Waals surface area contributed by atoms with E-state index in [4.69, 9.17) is 4.74 Å². The summed E-state index contributed by atoms with van der Waals surface area (Å²) in [5.74, 6) is 0.303. The van der Waals surface area contributed by atoms with Crippen LogP contribution >= 0.6 is 0 Å². The number of aliphatic hydroxyl groups is 1. The first-order chi connectivity index (χ1) is 12.0. The summed E-state index contributed by atoms with van der Waals surface area (Å²) < 4.78 is 18.5. The molecule has 0 unspecified atom stereocenters. The number of nitrogens with zero attached hydrogens (tertiary/aromatic N) is 2. The predicted octanol–water partition coefficient (Wildman–Crippen LogP) is 2.04. The summed E-state index contributed by atoms with van der Waals surface area (Å²) in [5.41, 5.74) is -1.05. The first-order valence-corrected chi connectivity index (χ1v) is 9.15. The van der Waals surface area contributed by atoms with Gasteiger partial charge in [-0.2, -0.15) is 0 Å². The molecule has 1 atom stereocenters. The van der Waals surface area contributed by atoms with Gasteiger partial charge in [0.15, 0.2) is 0 Å². The van der Waals surface area contributed by atoms with Gasteiger partial charge < -0.3 is 19.6 Å². The van der Waals surface area contributed by atoms with Gasteiger partial charge in [0.2, 0.25) is 5.91 Å². The van der Waals surface area contributed by atoms with Crippen LogP contribution in [0.1, 0.15) is 32.1 Å². The van der Waals surface area contributed by atoms with Crippen molar-refractivity contribution in [3.8, 4) is 5.75 Å². The van der Waals surface area contributed by atoms with Crippen LogP contribution in [0.2, 0.25) is 0 Å². The summed E-state index contributed by atoms with van der Waals surface area (Å²) >= 11 is 0. The lowest BCUT2D eigenvalue weighted by atomic mass is 9.93. The number of rotatable bonds is 6. The predicted molar refractivity (Wildman–Crippen MR) is 92.9 cm³/mol. The molecular weight excluding hydrogens is 323 g/mol. The van der Waals surface area contributed by atoms with Gasteiger partial charge in [-0.1, -0.05) is 0 Å². The number of ether oxygens (including phenoxy) is 1. The molecule has 2 aliphatic rings. The first kappa shape index (κ1) is 18.1. The molecule has 2 saturated heterocycles. The van der Waals surface area contributed by atoms with Crippen molar-refractivity contribution in [1.29, 1.82) is 0 Å². The molecule has 0 aliphatic carbocycles. The van der Waals surface area contributed by atoms with E-state index in [2.05, 4.69) is 4.90 Å². The molecule has 0 spiro atoms. The lowest BCUT2D eigenvalue weighted by Gasteiger charge is -2.39. The monoisotopic (exact) mass is 350 g/mol.